The van der Waals surface area contributed by atoms with Gasteiger partial charge in [0.15, 0.2) is 0 Å². The standard InChI is InChI=1S/C20H15FNS.C16H20NSi.Ir/c1-12(2)13-9-10-22-17(11-13)14-7-8-16(21)19-15-5-3-4-6-18(15)23-20(14)19;1-12-6-8-14(9-7-12)15-10-13(2)16(11-17-15)18(3,4)5;/h3-6,8-12H,1-2H3;6-8,10-11H,1-5H3;/q2*-1;/i;1D3,2D3;. The molecular formula is C36H35FIrN2SSi-2. The number of hydrogen-bond acceptors (Lipinski definition) is 3. The molecule has 3 heterocycles. The summed E-state index contributed by atoms with van der Waals surface area (Å²) < 4.78 is 62.0. The van der Waals surface area contributed by atoms with Crippen LogP contribution in [0.15, 0.2) is 79.1 Å². The third kappa shape index (κ3) is 6.79. The Kier molecular flexibility index (Phi) is 7.61. The number of thiophene rings is 1. The molecule has 3 aromatic heterocycles. The molecule has 0 atom stereocenters. The molecule has 6 rings (SSSR count). The van der Waals surface area contributed by atoms with Gasteiger partial charge in [-0.3, -0.25) is 4.39 Å². The smallest absolute Gasteiger partial charge is 0.0798 e. The van der Waals surface area contributed by atoms with E-state index in [1.165, 1.54) is 23.8 Å². The SMILES string of the molecule is CC(C)c1ccnc(-c2[c-]cc(F)c3c2sc2ccccc23)c1.[2H]C([2H])([2H])c1c[c-]c(-c2cc(C([2H])([2H])[2H])c([Si](C)(C)C)cn2)cc1.[Ir]. The molecule has 0 aliphatic heterocycles. The minimum Gasteiger partial charge on any atom is -0.305 e. The van der Waals surface area contributed by atoms with E-state index in [2.05, 4.69) is 61.7 Å². The second-order valence-electron chi connectivity index (χ2n) is 11.3. The van der Waals surface area contributed by atoms with Gasteiger partial charge in [-0.1, -0.05) is 81.8 Å². The van der Waals surface area contributed by atoms with Crippen molar-refractivity contribution in [3.05, 3.63) is 114 Å². The van der Waals surface area contributed by atoms with Crippen LogP contribution in [-0.4, -0.2) is 18.0 Å². The average molecular weight is 773 g/mol. The van der Waals surface area contributed by atoms with Gasteiger partial charge in [0.1, 0.15) is 0 Å². The number of hydrogen-bond donors (Lipinski definition) is 0. The van der Waals surface area contributed by atoms with Gasteiger partial charge in [0.05, 0.1) is 8.07 Å². The number of aromatic nitrogens is 2. The molecule has 0 saturated carbocycles. The van der Waals surface area contributed by atoms with Gasteiger partial charge in [0.25, 0.3) is 0 Å². The summed E-state index contributed by atoms with van der Waals surface area (Å²) in [7, 11) is -1.85. The second-order valence-corrected chi connectivity index (χ2v) is 17.4. The third-order valence-electron chi connectivity index (χ3n) is 6.91. The van der Waals surface area contributed by atoms with Gasteiger partial charge >= 0.3 is 0 Å². The maximum Gasteiger partial charge on any atom is 0.0798 e. The van der Waals surface area contributed by atoms with Crippen LogP contribution in [-0.2, 0) is 20.1 Å². The van der Waals surface area contributed by atoms with Crippen LogP contribution >= 0.6 is 11.3 Å². The van der Waals surface area contributed by atoms with E-state index in [-0.39, 0.29) is 31.5 Å². The van der Waals surface area contributed by atoms with Gasteiger partial charge in [0, 0.05) is 51.2 Å². The summed E-state index contributed by atoms with van der Waals surface area (Å²) in [5, 5.41) is 2.45. The molecular weight excluding hydrogens is 732 g/mol. The normalized spacial score (nSPS) is 14.1. The zero-order chi connectivity index (χ0) is 34.3. The Morgan fingerprint density at radius 2 is 1.74 bits per heavy atom. The van der Waals surface area contributed by atoms with Crippen molar-refractivity contribution in [1.29, 1.82) is 0 Å². The fraction of sp³-hybridized carbons (Fsp3) is 0.222. The van der Waals surface area contributed by atoms with Gasteiger partial charge in [-0.2, -0.15) is 11.3 Å². The number of nitrogens with zero attached hydrogens (tertiary/aromatic N) is 2. The molecule has 0 N–H and O–H groups in total. The zero-order valence-corrected chi connectivity index (χ0v) is 28.3. The number of benzene rings is 3. The van der Waals surface area contributed by atoms with Crippen LogP contribution in [0.3, 0.4) is 0 Å². The Bertz CT molecular complexity index is 2050. The van der Waals surface area contributed by atoms with E-state index < -0.39 is 21.8 Å². The molecule has 217 valence electrons. The van der Waals surface area contributed by atoms with Gasteiger partial charge in [-0.05, 0) is 56.9 Å². The Morgan fingerprint density at radius 1 is 0.929 bits per heavy atom. The van der Waals surface area contributed by atoms with Crippen LogP contribution in [0.4, 0.5) is 4.39 Å². The molecule has 42 heavy (non-hydrogen) atoms. The minimum atomic E-state index is -2.22. The van der Waals surface area contributed by atoms with Gasteiger partial charge in [-0.15, -0.1) is 53.1 Å². The van der Waals surface area contributed by atoms with Crippen molar-refractivity contribution in [1.82, 2.24) is 9.97 Å². The summed E-state index contributed by atoms with van der Waals surface area (Å²) in [5.74, 6) is 0.205. The molecule has 0 aliphatic rings. The Morgan fingerprint density at radius 3 is 2.43 bits per heavy atom. The first kappa shape index (κ1) is 24.4. The molecule has 1 radical (unpaired) electrons. The number of pyridine rings is 2. The van der Waals surface area contributed by atoms with E-state index in [0.29, 0.717) is 28.1 Å². The Hall–Kier alpha value is -3.02. The fourth-order valence-electron chi connectivity index (χ4n) is 4.65. The van der Waals surface area contributed by atoms with Crippen LogP contribution in [0.5, 0.6) is 0 Å². The van der Waals surface area contributed by atoms with E-state index in [9.17, 15) is 4.39 Å². The third-order valence-corrected chi connectivity index (χ3v) is 10.1. The molecule has 0 unspecified atom stereocenters. The predicted octanol–water partition coefficient (Wildman–Crippen LogP) is 9.89. The number of rotatable bonds is 4. The first-order valence-corrected chi connectivity index (χ1v) is 17.8. The van der Waals surface area contributed by atoms with E-state index in [1.807, 2.05) is 36.5 Å². The summed E-state index contributed by atoms with van der Waals surface area (Å²) in [6.07, 6.45) is 3.47. The summed E-state index contributed by atoms with van der Waals surface area (Å²) in [6, 6.07) is 25.6. The molecule has 6 heteroatoms. The topological polar surface area (TPSA) is 25.8 Å². The molecule has 0 amide bonds. The largest absolute Gasteiger partial charge is 0.305 e. The zero-order valence-electron chi connectivity index (χ0n) is 30.1. The maximum absolute atomic E-state index is 14.4. The number of fused-ring (bicyclic) bond motifs is 3. The molecule has 6 aromatic rings. The van der Waals surface area contributed by atoms with Crippen molar-refractivity contribution in [2.75, 3.05) is 0 Å². The summed E-state index contributed by atoms with van der Waals surface area (Å²) in [5.41, 5.74) is 4.54. The molecule has 0 aliphatic carbocycles. The maximum atomic E-state index is 14.4. The van der Waals surface area contributed by atoms with E-state index in [4.69, 9.17) is 8.22 Å². The monoisotopic (exact) mass is 773 g/mol. The van der Waals surface area contributed by atoms with E-state index in [0.717, 1.165) is 31.2 Å². The number of aryl methyl sites for hydroxylation is 2. The van der Waals surface area contributed by atoms with Crippen LogP contribution in [0.25, 0.3) is 42.7 Å². The van der Waals surface area contributed by atoms with Crippen molar-refractivity contribution in [3.63, 3.8) is 0 Å². The Labute approximate surface area is 275 Å². The van der Waals surface area contributed by atoms with Gasteiger partial charge in [0.2, 0.25) is 0 Å². The molecule has 0 spiro atoms. The fourth-order valence-corrected chi connectivity index (χ4v) is 7.20. The first-order valence-electron chi connectivity index (χ1n) is 16.5. The van der Waals surface area contributed by atoms with Gasteiger partial charge in [-0.25, -0.2) is 0 Å². The van der Waals surface area contributed by atoms with Crippen molar-refractivity contribution in [2.45, 2.75) is 53.1 Å². The number of halogens is 1. The van der Waals surface area contributed by atoms with Crippen LogP contribution in [0.1, 0.15) is 44.7 Å². The van der Waals surface area contributed by atoms with E-state index >= 15 is 0 Å². The molecule has 0 fully saturated rings. The Balaban J connectivity index is 0.000000212. The predicted molar refractivity (Wildman–Crippen MR) is 176 cm³/mol. The summed E-state index contributed by atoms with van der Waals surface area (Å²) >= 11 is 1.60. The van der Waals surface area contributed by atoms with Crippen LogP contribution in [0, 0.1) is 31.7 Å². The molecule has 0 bridgehead atoms. The quantitative estimate of drug-likeness (QED) is 0.132. The van der Waals surface area contributed by atoms with Crippen molar-refractivity contribution >= 4 is 44.8 Å². The van der Waals surface area contributed by atoms with Crippen molar-refractivity contribution < 1.29 is 32.7 Å². The minimum absolute atomic E-state index is 0. The molecule has 0 saturated heterocycles. The second kappa shape index (κ2) is 13.1. The van der Waals surface area contributed by atoms with Crippen LogP contribution in [0.2, 0.25) is 19.6 Å². The van der Waals surface area contributed by atoms with Crippen molar-refractivity contribution in [2.24, 2.45) is 0 Å². The molecule has 3 aromatic carbocycles. The average Bonchev–Trinajstić information content (AvgIpc) is 3.41. The van der Waals surface area contributed by atoms with Crippen LogP contribution < -0.4 is 5.19 Å². The summed E-state index contributed by atoms with van der Waals surface area (Å²) in [6.45, 7) is 6.15. The summed E-state index contributed by atoms with van der Waals surface area (Å²) in [4.78, 5) is 8.89. The van der Waals surface area contributed by atoms with E-state index in [1.54, 1.807) is 29.7 Å². The first-order chi connectivity index (χ1) is 21.9. The molecule has 2 nitrogen and oxygen atoms in total. The van der Waals surface area contributed by atoms with Crippen molar-refractivity contribution in [3.8, 4) is 22.5 Å². The van der Waals surface area contributed by atoms with Gasteiger partial charge < -0.3 is 9.97 Å².